The predicted octanol–water partition coefficient (Wildman–Crippen LogP) is 13.7. The summed E-state index contributed by atoms with van der Waals surface area (Å²) in [5.41, 5.74) is 35.4. The molecule has 10 unspecified atom stereocenters. The molecular weight excluding hydrogens is 1510 g/mol. The van der Waals surface area contributed by atoms with Crippen molar-refractivity contribution in [2.75, 3.05) is 20.8 Å². The molecule has 0 bridgehead atoms. The minimum atomic E-state index is -1.86. The van der Waals surface area contributed by atoms with Gasteiger partial charge >= 0.3 is 17.9 Å². The molecule has 5 aliphatic rings. The van der Waals surface area contributed by atoms with Crippen LogP contribution in [0.5, 0.6) is 0 Å². The summed E-state index contributed by atoms with van der Waals surface area (Å²) >= 11 is 0. The minimum absolute atomic E-state index is 0.00445. The molecule has 0 amide bonds. The van der Waals surface area contributed by atoms with Gasteiger partial charge in [-0.2, -0.15) is 0 Å². The second kappa shape index (κ2) is 42.9. The monoisotopic (exact) mass is 1610 g/mol. The van der Waals surface area contributed by atoms with Gasteiger partial charge in [-0.1, -0.05) is 231 Å². The van der Waals surface area contributed by atoms with Crippen LogP contribution in [0, 0.1) is 11.8 Å². The lowest BCUT2D eigenvalue weighted by Crippen LogP contribution is -2.67. The zero-order valence-electron chi connectivity index (χ0n) is 65.8. The van der Waals surface area contributed by atoms with E-state index in [1.165, 1.54) is 33.3 Å². The molecule has 7 aromatic rings. The first-order chi connectivity index (χ1) is 57.1. The lowest BCUT2D eigenvalue weighted by molar-refractivity contribution is -0.371. The van der Waals surface area contributed by atoms with Crippen molar-refractivity contribution in [2.24, 2.45) is 27.2 Å². The van der Waals surface area contributed by atoms with E-state index < -0.39 is 183 Å². The van der Waals surface area contributed by atoms with Crippen LogP contribution in [0.3, 0.4) is 0 Å². The summed E-state index contributed by atoms with van der Waals surface area (Å²) in [6, 6.07) is 58.8. The molecule has 0 radical (unpaired) electrons. The maximum absolute atomic E-state index is 14.9. The van der Waals surface area contributed by atoms with Crippen molar-refractivity contribution < 1.29 is 104 Å². The van der Waals surface area contributed by atoms with Crippen molar-refractivity contribution in [2.45, 2.75) is 222 Å². The molecule has 5 heterocycles. The second-order valence-corrected chi connectivity index (χ2v) is 28.9. The Bertz CT molecular complexity index is 4440. The van der Waals surface area contributed by atoms with Crippen molar-refractivity contribution in [3.63, 3.8) is 0 Å². The van der Waals surface area contributed by atoms with Crippen LogP contribution in [-0.4, -0.2) is 186 Å². The third-order valence-corrected chi connectivity index (χ3v) is 21.2. The van der Waals surface area contributed by atoms with E-state index in [2.05, 4.69) is 30.1 Å². The van der Waals surface area contributed by atoms with Crippen LogP contribution in [0.15, 0.2) is 228 Å². The zero-order chi connectivity index (χ0) is 82.2. The SMILES string of the molecule is CCC1O[C@@H](O[C@H]2C(C(C)=O)O[C@@H](O[C@H]3C(COC(=O)c4ccccc4)O[C@@H](OC)[C@H](N=[N+]=[N-])C3OCc3ccccc3)C(OC(=O)c3ccccc3)[C@@H]2OCc2ccccc2)[C@H](N=[N+]=[N-])C(C)[C@H]1O[C@@H]1OC(C(=O)OC)[C@H](O[C@@H]2OC(CC)[C@H](OCc3ccccc3)[C@H](OCc3ccccc3)C2N=[N+]=[N-])[C@H](OCc2ccccc2)C1C. The lowest BCUT2D eigenvalue weighted by atomic mass is 9.86. The van der Waals surface area contributed by atoms with Crippen molar-refractivity contribution in [1.82, 2.24) is 0 Å². The van der Waals surface area contributed by atoms with E-state index >= 15 is 0 Å². The molecule has 0 spiro atoms. The number of carbonyl (C=O) groups excluding carboxylic acids is 4. The number of hydrogen-bond acceptors (Lipinski definition) is 25. The van der Waals surface area contributed by atoms with Crippen LogP contribution >= 0.6 is 0 Å². The van der Waals surface area contributed by atoms with Gasteiger partial charge in [-0.25, -0.2) is 14.4 Å². The van der Waals surface area contributed by atoms with Gasteiger partial charge in [-0.15, -0.1) is 0 Å². The fourth-order valence-corrected chi connectivity index (χ4v) is 15.2. The standard InChI is InChI=1S/C86H97N9O22/c1-8-61-67(112-82-52(4)68(102-45-54-31-17-10-18-32-54)75(77(117-82)81(99)100-6)115-85-66(92-95-89)72(104-47-56-35-21-12-22-36-56)70(62(9-2)109-85)103-46-55-33-19-11-20-34-55)51(3)64(90-93-87)84(108-61)116-76-69(53(5)96)113-86(78(111-80(98)60-43-29-16-30-44-60)74(76)106-49-58-39-25-14-26-40-58)114-71-63(50-107-79(97)59-41-27-15-28-42-59)110-83(101-7)65(91-94-88)73(71)105-48-57-37-23-13-24-38-57/h10-44,51-52,61-78,82-86H,8-9,45-50H2,1-7H3/t51?,52?,61?,62?,63?,64-,65-,66?,67-,68-,69?,70+,71+,72-,73?,74-,75-,76+,77?,78?,82-,83-,84+,85+,86+/m1/s1. The molecule has 12 rings (SSSR count). The van der Waals surface area contributed by atoms with E-state index in [0.29, 0.717) is 17.5 Å². The summed E-state index contributed by atoms with van der Waals surface area (Å²) in [4.78, 5) is 68.1. The van der Waals surface area contributed by atoms with Gasteiger partial charge in [0.25, 0.3) is 0 Å². The molecule has 0 saturated carbocycles. The fraction of sp³-hybridized carbons (Fsp3) is 0.465. The molecule has 5 fully saturated rings. The number of esters is 3. The van der Waals surface area contributed by atoms with E-state index in [1.807, 2.05) is 141 Å². The molecule has 5 aliphatic heterocycles. The number of carbonyl (C=O) groups is 4. The lowest BCUT2D eigenvalue weighted by Gasteiger charge is -2.51. The number of nitrogens with zero attached hydrogens (tertiary/aromatic N) is 9. The highest BCUT2D eigenvalue weighted by Gasteiger charge is 2.60. The van der Waals surface area contributed by atoms with Gasteiger partial charge in [-0.05, 0) is 94.4 Å². The van der Waals surface area contributed by atoms with Gasteiger partial charge in [-0.3, -0.25) is 4.79 Å². The molecule has 31 nitrogen and oxygen atoms in total. The van der Waals surface area contributed by atoms with Crippen molar-refractivity contribution in [1.29, 1.82) is 0 Å². The van der Waals surface area contributed by atoms with E-state index in [-0.39, 0.29) is 50.6 Å². The Morgan fingerprint density at radius 3 is 1.19 bits per heavy atom. The van der Waals surface area contributed by atoms with E-state index in [1.54, 1.807) is 86.6 Å². The Morgan fingerprint density at radius 2 is 0.735 bits per heavy atom. The molecule has 0 aromatic heterocycles. The smallest absolute Gasteiger partial charge is 0.338 e. The Morgan fingerprint density at radius 1 is 0.368 bits per heavy atom. The predicted molar refractivity (Wildman–Crippen MR) is 418 cm³/mol. The molecule has 117 heavy (non-hydrogen) atoms. The second-order valence-electron chi connectivity index (χ2n) is 28.9. The quantitative estimate of drug-likeness (QED) is 0.0116. The first-order valence-corrected chi connectivity index (χ1v) is 39.0. The summed E-state index contributed by atoms with van der Waals surface area (Å²) in [5.74, 6) is -4.91. The summed E-state index contributed by atoms with van der Waals surface area (Å²) < 4.78 is 121. The third-order valence-electron chi connectivity index (χ3n) is 21.2. The molecule has 618 valence electrons. The number of methoxy groups -OCH3 is 2. The normalized spacial score (nSPS) is 30.8. The first-order valence-electron chi connectivity index (χ1n) is 39.0. The summed E-state index contributed by atoms with van der Waals surface area (Å²) in [6.07, 6.45) is -26.5. The number of azide groups is 3. The van der Waals surface area contributed by atoms with Crippen molar-refractivity contribution in [3.05, 3.63) is 283 Å². The third kappa shape index (κ3) is 21.8. The largest absolute Gasteiger partial charge is 0.467 e. The fourth-order valence-electron chi connectivity index (χ4n) is 15.2. The first kappa shape index (κ1) is 86.3. The van der Waals surface area contributed by atoms with Crippen LogP contribution in [0.25, 0.3) is 31.3 Å². The summed E-state index contributed by atoms with van der Waals surface area (Å²) in [6.45, 7) is 7.96. The summed E-state index contributed by atoms with van der Waals surface area (Å²) in [5, 5.41) is 12.7. The van der Waals surface area contributed by atoms with Gasteiger partial charge in [0.1, 0.15) is 73.6 Å². The van der Waals surface area contributed by atoms with Crippen LogP contribution < -0.4 is 0 Å². The van der Waals surface area contributed by atoms with E-state index in [9.17, 15) is 35.8 Å². The van der Waals surface area contributed by atoms with Gasteiger partial charge in [0, 0.05) is 27.8 Å². The highest BCUT2D eigenvalue weighted by atomic mass is 16.8. The molecule has 0 aliphatic carbocycles. The van der Waals surface area contributed by atoms with Gasteiger partial charge < -0.3 is 85.3 Å². The molecule has 5 saturated heterocycles. The van der Waals surface area contributed by atoms with E-state index in [0.717, 1.165) is 16.7 Å². The molecular formula is C86H97N9O22. The van der Waals surface area contributed by atoms with Crippen molar-refractivity contribution in [3.8, 4) is 0 Å². The minimum Gasteiger partial charge on any atom is -0.467 e. The maximum atomic E-state index is 14.9. The Kier molecular flexibility index (Phi) is 31.6. The summed E-state index contributed by atoms with van der Waals surface area (Å²) in [7, 11) is 2.53. The van der Waals surface area contributed by atoms with Gasteiger partial charge in [0.05, 0.1) is 81.7 Å². The number of ether oxygens (including phenoxy) is 18. The van der Waals surface area contributed by atoms with Crippen LogP contribution in [0.4, 0.5) is 0 Å². The van der Waals surface area contributed by atoms with Gasteiger partial charge in [0.2, 0.25) is 0 Å². The number of ketones is 1. The Hall–Kier alpha value is -10.1. The molecule has 31 heteroatoms. The van der Waals surface area contributed by atoms with Crippen LogP contribution in [-0.2, 0) is 128 Å². The molecule has 25 atom stereocenters. The van der Waals surface area contributed by atoms with Crippen LogP contribution in [0.2, 0.25) is 0 Å². The topological polar surface area (TPSA) is 381 Å². The van der Waals surface area contributed by atoms with Gasteiger partial charge in [0.15, 0.2) is 49.4 Å². The van der Waals surface area contributed by atoms with E-state index in [4.69, 9.17) is 85.3 Å². The number of Topliss-reactive ketones (excluding diaryl/α,β-unsaturated/α-hetero) is 1. The average Bonchev–Trinajstić information content (AvgIpc) is 0.759. The number of benzene rings is 7. The molecule has 7 aromatic carbocycles. The maximum Gasteiger partial charge on any atom is 0.338 e. The Labute approximate surface area is 677 Å². The van der Waals surface area contributed by atoms with Crippen molar-refractivity contribution >= 4 is 23.7 Å². The highest BCUT2D eigenvalue weighted by molar-refractivity contribution is 5.90. The molecule has 0 N–H and O–H groups in total. The van der Waals surface area contributed by atoms with Crippen LogP contribution in [0.1, 0.15) is 96.0 Å². The Balaban J connectivity index is 0.876. The zero-order valence-corrected chi connectivity index (χ0v) is 65.8. The average molecular weight is 1610 g/mol. The number of rotatable bonds is 36. The highest BCUT2D eigenvalue weighted by Crippen LogP contribution is 2.44. The number of hydrogen-bond donors (Lipinski definition) is 0.